The zero-order valence-electron chi connectivity index (χ0n) is 7.58. The summed E-state index contributed by atoms with van der Waals surface area (Å²) in [4.78, 5) is 21.1. The minimum atomic E-state index is -1.20. The van der Waals surface area contributed by atoms with Gasteiger partial charge in [0.1, 0.15) is 5.82 Å². The number of rotatable bonds is 3. The maximum Gasteiger partial charge on any atom is 0.335 e. The lowest BCUT2D eigenvalue weighted by atomic mass is 10.0. The van der Waals surface area contributed by atoms with E-state index in [0.717, 1.165) is 6.07 Å². The smallest absolute Gasteiger partial charge is 0.335 e. The van der Waals surface area contributed by atoms with Gasteiger partial charge in [0.2, 0.25) is 0 Å². The quantitative estimate of drug-likeness (QED) is 0.751. The number of carbonyl (C=O) groups excluding carboxylic acids is 1. The molecule has 0 aliphatic heterocycles. The zero-order valence-corrected chi connectivity index (χ0v) is 7.58. The highest BCUT2D eigenvalue weighted by Crippen LogP contribution is 2.15. The molecule has 3 nitrogen and oxygen atoms in total. The van der Waals surface area contributed by atoms with E-state index in [1.165, 1.54) is 6.07 Å². The van der Waals surface area contributed by atoms with Crippen molar-refractivity contribution < 1.29 is 19.1 Å². The molecule has 0 saturated carbocycles. The number of halogens is 1. The zero-order chi connectivity index (χ0) is 10.7. The van der Waals surface area contributed by atoms with E-state index in [2.05, 4.69) is 0 Å². The molecule has 1 aromatic rings. The summed E-state index contributed by atoms with van der Waals surface area (Å²) in [5, 5.41) is 8.64. The Labute approximate surface area is 80.2 Å². The lowest BCUT2D eigenvalue weighted by Crippen LogP contribution is -2.03. The standard InChI is InChI=1S/C10H9FO3/c1-2-6-3-7(10(13)14)4-9(11)8(6)5-12/h3-5H,2H2,1H3,(H,13,14). The largest absolute Gasteiger partial charge is 0.478 e. The Morgan fingerprint density at radius 1 is 1.57 bits per heavy atom. The van der Waals surface area contributed by atoms with Gasteiger partial charge in [-0.2, -0.15) is 0 Å². The number of carboxylic acid groups (broad SMARTS) is 1. The van der Waals surface area contributed by atoms with E-state index in [-0.39, 0.29) is 11.1 Å². The molecule has 0 heterocycles. The summed E-state index contributed by atoms with van der Waals surface area (Å²) in [6.45, 7) is 1.73. The van der Waals surface area contributed by atoms with Gasteiger partial charge in [-0.15, -0.1) is 0 Å². The number of aldehydes is 1. The van der Waals surface area contributed by atoms with Gasteiger partial charge in [0, 0.05) is 0 Å². The molecule has 1 N–H and O–H groups in total. The molecule has 1 aromatic carbocycles. The summed E-state index contributed by atoms with van der Waals surface area (Å²) in [6, 6.07) is 2.17. The second-order valence-electron chi connectivity index (χ2n) is 2.81. The number of carboxylic acids is 1. The molecule has 4 heteroatoms. The molecule has 74 valence electrons. The Kier molecular flexibility index (Phi) is 2.96. The van der Waals surface area contributed by atoms with Crippen LogP contribution < -0.4 is 0 Å². The van der Waals surface area contributed by atoms with E-state index >= 15 is 0 Å². The monoisotopic (exact) mass is 196 g/mol. The molecular formula is C10H9FO3. The molecular weight excluding hydrogens is 187 g/mol. The SMILES string of the molecule is CCc1cc(C(=O)O)cc(F)c1C=O. The maximum absolute atomic E-state index is 13.2. The minimum absolute atomic E-state index is 0.0579. The average molecular weight is 196 g/mol. The normalized spacial score (nSPS) is 9.86. The first-order valence-electron chi connectivity index (χ1n) is 4.11. The van der Waals surface area contributed by atoms with Gasteiger partial charge in [0.05, 0.1) is 11.1 Å². The van der Waals surface area contributed by atoms with Crippen LogP contribution in [0.2, 0.25) is 0 Å². The van der Waals surface area contributed by atoms with Crippen LogP contribution in [0.1, 0.15) is 33.2 Å². The third kappa shape index (κ3) is 1.79. The number of hydrogen-bond acceptors (Lipinski definition) is 2. The summed E-state index contributed by atoms with van der Waals surface area (Å²) in [5.41, 5.74) is 0.222. The lowest BCUT2D eigenvalue weighted by Gasteiger charge is -2.04. The summed E-state index contributed by atoms with van der Waals surface area (Å²) < 4.78 is 13.2. The number of carbonyl (C=O) groups is 2. The van der Waals surface area contributed by atoms with Crippen molar-refractivity contribution in [2.24, 2.45) is 0 Å². The molecule has 0 aromatic heterocycles. The Morgan fingerprint density at radius 2 is 2.21 bits per heavy atom. The van der Waals surface area contributed by atoms with E-state index in [4.69, 9.17) is 5.11 Å². The van der Waals surface area contributed by atoms with Crippen LogP contribution >= 0.6 is 0 Å². The predicted octanol–water partition coefficient (Wildman–Crippen LogP) is 1.90. The molecule has 1 rings (SSSR count). The second-order valence-corrected chi connectivity index (χ2v) is 2.81. The van der Waals surface area contributed by atoms with Crippen LogP contribution in [0, 0.1) is 5.82 Å². The molecule has 0 saturated heterocycles. The van der Waals surface area contributed by atoms with Crippen LogP contribution in [0.25, 0.3) is 0 Å². The van der Waals surface area contributed by atoms with E-state index in [1.807, 2.05) is 0 Å². The van der Waals surface area contributed by atoms with Crippen molar-refractivity contribution in [1.82, 2.24) is 0 Å². The van der Waals surface area contributed by atoms with Gasteiger partial charge in [-0.3, -0.25) is 4.79 Å². The second kappa shape index (κ2) is 4.00. The first-order chi connectivity index (χ1) is 6.60. The van der Waals surface area contributed by atoms with Crippen molar-refractivity contribution in [2.45, 2.75) is 13.3 Å². The van der Waals surface area contributed by atoms with Gasteiger partial charge < -0.3 is 5.11 Å². The molecule has 0 radical (unpaired) electrons. The lowest BCUT2D eigenvalue weighted by molar-refractivity contribution is 0.0695. The molecule has 0 bridgehead atoms. The summed E-state index contributed by atoms with van der Waals surface area (Å²) in [6.07, 6.45) is 0.825. The first-order valence-corrected chi connectivity index (χ1v) is 4.11. The van der Waals surface area contributed by atoms with Crippen LogP contribution in [-0.4, -0.2) is 17.4 Å². The van der Waals surface area contributed by atoms with Crippen LogP contribution in [0.15, 0.2) is 12.1 Å². The van der Waals surface area contributed by atoms with Gasteiger partial charge >= 0.3 is 5.97 Å². The number of benzene rings is 1. The van der Waals surface area contributed by atoms with Crippen molar-refractivity contribution in [2.75, 3.05) is 0 Å². The highest BCUT2D eigenvalue weighted by atomic mass is 19.1. The van der Waals surface area contributed by atoms with Gasteiger partial charge in [-0.1, -0.05) is 6.92 Å². The summed E-state index contributed by atoms with van der Waals surface area (Å²) in [7, 11) is 0. The van der Waals surface area contributed by atoms with Crippen molar-refractivity contribution in [3.63, 3.8) is 0 Å². The molecule has 0 spiro atoms. The fourth-order valence-corrected chi connectivity index (χ4v) is 1.22. The van der Waals surface area contributed by atoms with Crippen LogP contribution in [-0.2, 0) is 6.42 Å². The van der Waals surface area contributed by atoms with Gasteiger partial charge in [0.25, 0.3) is 0 Å². The number of aromatic carboxylic acids is 1. The Bertz CT molecular complexity index is 385. The molecule has 0 unspecified atom stereocenters. The topological polar surface area (TPSA) is 54.4 Å². The van der Waals surface area contributed by atoms with Crippen molar-refractivity contribution in [1.29, 1.82) is 0 Å². The van der Waals surface area contributed by atoms with Crippen molar-refractivity contribution in [3.05, 3.63) is 34.6 Å². The summed E-state index contributed by atoms with van der Waals surface area (Å²) in [5.74, 6) is -1.98. The fourth-order valence-electron chi connectivity index (χ4n) is 1.22. The Morgan fingerprint density at radius 3 is 2.64 bits per heavy atom. The maximum atomic E-state index is 13.2. The third-order valence-electron chi connectivity index (χ3n) is 1.96. The van der Waals surface area contributed by atoms with E-state index in [9.17, 15) is 14.0 Å². The van der Waals surface area contributed by atoms with Crippen LogP contribution in [0.5, 0.6) is 0 Å². The van der Waals surface area contributed by atoms with E-state index in [0.29, 0.717) is 18.3 Å². The van der Waals surface area contributed by atoms with E-state index < -0.39 is 11.8 Å². The third-order valence-corrected chi connectivity index (χ3v) is 1.96. The molecule has 0 atom stereocenters. The number of aryl methyl sites for hydroxylation is 1. The predicted molar refractivity (Wildman–Crippen MR) is 48.1 cm³/mol. The molecule has 0 amide bonds. The minimum Gasteiger partial charge on any atom is -0.478 e. The first kappa shape index (κ1) is 10.4. The van der Waals surface area contributed by atoms with Crippen molar-refractivity contribution in [3.8, 4) is 0 Å². The molecule has 0 fully saturated rings. The molecule has 0 aliphatic rings. The van der Waals surface area contributed by atoms with Crippen LogP contribution in [0.3, 0.4) is 0 Å². The van der Waals surface area contributed by atoms with Crippen molar-refractivity contribution >= 4 is 12.3 Å². The highest BCUT2D eigenvalue weighted by molar-refractivity contribution is 5.89. The highest BCUT2D eigenvalue weighted by Gasteiger charge is 2.12. The molecule has 0 aliphatic carbocycles. The van der Waals surface area contributed by atoms with E-state index in [1.54, 1.807) is 6.92 Å². The van der Waals surface area contributed by atoms with Gasteiger partial charge in [-0.25, -0.2) is 9.18 Å². The van der Waals surface area contributed by atoms with Gasteiger partial charge in [0.15, 0.2) is 6.29 Å². The number of hydrogen-bond donors (Lipinski definition) is 1. The van der Waals surface area contributed by atoms with Gasteiger partial charge in [-0.05, 0) is 24.1 Å². The van der Waals surface area contributed by atoms with Crippen LogP contribution in [0.4, 0.5) is 4.39 Å². The average Bonchev–Trinajstić information content (AvgIpc) is 2.16. The summed E-state index contributed by atoms with van der Waals surface area (Å²) >= 11 is 0. The molecule has 14 heavy (non-hydrogen) atoms. The fraction of sp³-hybridized carbons (Fsp3) is 0.200. The Balaban J connectivity index is 3.38. The Hall–Kier alpha value is -1.71.